The maximum atomic E-state index is 5.51. The third-order valence-corrected chi connectivity index (χ3v) is 6.84. The first-order chi connectivity index (χ1) is 15.5. The van der Waals surface area contributed by atoms with Gasteiger partial charge in [0.1, 0.15) is 11.5 Å². The van der Waals surface area contributed by atoms with Crippen LogP contribution in [0.2, 0.25) is 0 Å². The molecule has 2 heterocycles. The first-order valence-electron chi connectivity index (χ1n) is 10.8. The number of H-pyrrole nitrogens is 1. The molecule has 0 aliphatic heterocycles. The second kappa shape index (κ2) is 6.60. The van der Waals surface area contributed by atoms with Crippen molar-refractivity contribution < 1.29 is 9.47 Å². The van der Waals surface area contributed by atoms with E-state index in [0.717, 1.165) is 44.6 Å². The number of hydrogen-bond donors (Lipinski definition) is 1. The second-order valence-corrected chi connectivity index (χ2v) is 8.89. The fraction of sp³-hybridized carbons (Fsp3) is 0.179. The number of nitrogens with zero attached hydrogens (tertiary/aromatic N) is 1. The van der Waals surface area contributed by atoms with Crippen LogP contribution in [0.15, 0.2) is 66.9 Å². The van der Waals surface area contributed by atoms with E-state index in [0.29, 0.717) is 0 Å². The molecule has 0 bridgehead atoms. The summed E-state index contributed by atoms with van der Waals surface area (Å²) in [5.74, 6) is 1.52. The van der Waals surface area contributed by atoms with Gasteiger partial charge < -0.3 is 14.5 Å². The van der Waals surface area contributed by atoms with Gasteiger partial charge in [0.2, 0.25) is 0 Å². The van der Waals surface area contributed by atoms with Gasteiger partial charge in [0.15, 0.2) is 0 Å². The number of aromatic nitrogens is 2. The van der Waals surface area contributed by atoms with Crippen LogP contribution in [0.3, 0.4) is 0 Å². The standard InChI is InChI=1S/C28H24N2O2/c1-28(2)23-8-6-5-7-20(23)21-9-10-22-25(24(21)28)30-27-19(11-12-29-26(22)27)16-13-17(31-3)15-18(14-16)32-4/h5-15,30H,1-4H3. The lowest BCUT2D eigenvalue weighted by atomic mass is 9.81. The average molecular weight is 421 g/mol. The molecular formula is C28H24N2O2. The number of rotatable bonds is 3. The zero-order valence-electron chi connectivity index (χ0n) is 18.6. The minimum Gasteiger partial charge on any atom is -0.497 e. The molecule has 6 rings (SSSR count). The zero-order chi connectivity index (χ0) is 22.0. The maximum absolute atomic E-state index is 5.51. The summed E-state index contributed by atoms with van der Waals surface area (Å²) in [7, 11) is 3.35. The van der Waals surface area contributed by atoms with Gasteiger partial charge in [-0.25, -0.2) is 0 Å². The number of aromatic amines is 1. The Morgan fingerprint density at radius 3 is 2.28 bits per heavy atom. The van der Waals surface area contributed by atoms with Crippen molar-refractivity contribution in [3.8, 4) is 33.8 Å². The van der Waals surface area contributed by atoms with Gasteiger partial charge in [-0.2, -0.15) is 0 Å². The lowest BCUT2D eigenvalue weighted by molar-refractivity contribution is 0.394. The molecule has 3 aromatic carbocycles. The summed E-state index contributed by atoms with van der Waals surface area (Å²) in [5.41, 5.74) is 10.5. The third kappa shape index (κ3) is 2.46. The van der Waals surface area contributed by atoms with Gasteiger partial charge >= 0.3 is 0 Å². The van der Waals surface area contributed by atoms with E-state index < -0.39 is 0 Å². The van der Waals surface area contributed by atoms with Crippen LogP contribution in [0.25, 0.3) is 44.2 Å². The summed E-state index contributed by atoms with van der Waals surface area (Å²) in [6.45, 7) is 4.62. The quantitative estimate of drug-likeness (QED) is 0.353. The van der Waals surface area contributed by atoms with Crippen LogP contribution in [0.5, 0.6) is 11.5 Å². The zero-order valence-corrected chi connectivity index (χ0v) is 18.6. The van der Waals surface area contributed by atoms with Crippen LogP contribution in [0, 0.1) is 0 Å². The summed E-state index contributed by atoms with van der Waals surface area (Å²) >= 11 is 0. The lowest BCUT2D eigenvalue weighted by Crippen LogP contribution is -2.15. The summed E-state index contributed by atoms with van der Waals surface area (Å²) < 4.78 is 11.0. The van der Waals surface area contributed by atoms with Gasteiger partial charge in [0.05, 0.1) is 30.8 Å². The fourth-order valence-electron chi connectivity index (χ4n) is 5.32. The van der Waals surface area contributed by atoms with E-state index in [1.54, 1.807) is 14.2 Å². The lowest BCUT2D eigenvalue weighted by Gasteiger charge is -2.22. The van der Waals surface area contributed by atoms with Gasteiger partial charge in [0, 0.05) is 28.6 Å². The van der Waals surface area contributed by atoms with E-state index in [1.807, 2.05) is 30.5 Å². The third-order valence-electron chi connectivity index (χ3n) is 6.84. The highest BCUT2D eigenvalue weighted by atomic mass is 16.5. The molecule has 4 heteroatoms. The Labute approximate surface area is 186 Å². The Kier molecular flexibility index (Phi) is 3.91. The summed E-state index contributed by atoms with van der Waals surface area (Å²) in [4.78, 5) is 8.54. The molecule has 158 valence electrons. The van der Waals surface area contributed by atoms with Crippen LogP contribution in [0.1, 0.15) is 25.0 Å². The monoisotopic (exact) mass is 420 g/mol. The summed E-state index contributed by atoms with van der Waals surface area (Å²) in [6, 6.07) is 21.2. The molecule has 5 aromatic rings. The molecule has 0 unspecified atom stereocenters. The van der Waals surface area contributed by atoms with Crippen molar-refractivity contribution in [2.75, 3.05) is 14.2 Å². The molecule has 1 N–H and O–H groups in total. The van der Waals surface area contributed by atoms with Crippen molar-refractivity contribution in [3.63, 3.8) is 0 Å². The molecular weight excluding hydrogens is 396 g/mol. The van der Waals surface area contributed by atoms with Gasteiger partial charge in [0.25, 0.3) is 0 Å². The van der Waals surface area contributed by atoms with Crippen LogP contribution < -0.4 is 9.47 Å². The van der Waals surface area contributed by atoms with Crippen LogP contribution in [-0.2, 0) is 5.41 Å². The minimum absolute atomic E-state index is 0.0916. The molecule has 1 aliphatic rings. The van der Waals surface area contributed by atoms with E-state index in [9.17, 15) is 0 Å². The van der Waals surface area contributed by atoms with Crippen molar-refractivity contribution in [2.45, 2.75) is 19.3 Å². The molecule has 2 aromatic heterocycles. The van der Waals surface area contributed by atoms with Gasteiger partial charge in [-0.1, -0.05) is 44.2 Å². The van der Waals surface area contributed by atoms with Crippen LogP contribution in [0.4, 0.5) is 0 Å². The Balaban J connectivity index is 1.67. The van der Waals surface area contributed by atoms with Crippen molar-refractivity contribution in [1.29, 1.82) is 0 Å². The van der Waals surface area contributed by atoms with Crippen LogP contribution in [-0.4, -0.2) is 24.2 Å². The molecule has 0 saturated heterocycles. The first-order valence-corrected chi connectivity index (χ1v) is 10.8. The van der Waals surface area contributed by atoms with Crippen molar-refractivity contribution in [2.24, 2.45) is 0 Å². The van der Waals surface area contributed by atoms with E-state index >= 15 is 0 Å². The van der Waals surface area contributed by atoms with E-state index in [2.05, 4.69) is 55.2 Å². The van der Waals surface area contributed by atoms with E-state index in [1.165, 1.54) is 22.3 Å². The van der Waals surface area contributed by atoms with Gasteiger partial charge in [-0.05, 0) is 52.1 Å². The Morgan fingerprint density at radius 2 is 1.53 bits per heavy atom. The fourth-order valence-corrected chi connectivity index (χ4v) is 5.32. The number of fused-ring (bicyclic) bond motifs is 7. The summed E-state index contributed by atoms with van der Waals surface area (Å²) in [5, 5.41) is 1.15. The van der Waals surface area contributed by atoms with Crippen molar-refractivity contribution in [3.05, 3.63) is 78.0 Å². The van der Waals surface area contributed by atoms with Crippen molar-refractivity contribution >= 4 is 21.9 Å². The van der Waals surface area contributed by atoms with Gasteiger partial charge in [-0.3, -0.25) is 4.98 Å². The number of benzene rings is 3. The minimum atomic E-state index is -0.0916. The highest BCUT2D eigenvalue weighted by Gasteiger charge is 2.37. The van der Waals surface area contributed by atoms with Crippen LogP contribution >= 0.6 is 0 Å². The predicted octanol–water partition coefficient (Wildman–Crippen LogP) is 6.71. The molecule has 0 amide bonds. The summed E-state index contributed by atoms with van der Waals surface area (Å²) in [6.07, 6.45) is 1.88. The molecule has 4 nitrogen and oxygen atoms in total. The number of methoxy groups -OCH3 is 2. The first kappa shape index (κ1) is 18.9. The number of ether oxygens (including phenoxy) is 2. The molecule has 0 radical (unpaired) electrons. The molecule has 0 spiro atoms. The molecule has 32 heavy (non-hydrogen) atoms. The SMILES string of the molecule is COc1cc(OC)cc(-c2ccnc3c2[nH]c2c4c(ccc23)-c2ccccc2C4(C)C)c1. The number of nitrogens with one attached hydrogen (secondary N) is 1. The molecule has 1 aliphatic carbocycles. The molecule has 0 fully saturated rings. The Morgan fingerprint density at radius 1 is 0.781 bits per heavy atom. The number of pyridine rings is 1. The number of hydrogen-bond acceptors (Lipinski definition) is 3. The molecule has 0 atom stereocenters. The topological polar surface area (TPSA) is 47.1 Å². The van der Waals surface area contributed by atoms with E-state index in [-0.39, 0.29) is 5.41 Å². The van der Waals surface area contributed by atoms with Gasteiger partial charge in [-0.15, -0.1) is 0 Å². The van der Waals surface area contributed by atoms with E-state index in [4.69, 9.17) is 14.5 Å². The second-order valence-electron chi connectivity index (χ2n) is 8.89. The largest absolute Gasteiger partial charge is 0.497 e. The van der Waals surface area contributed by atoms with Crippen molar-refractivity contribution in [1.82, 2.24) is 9.97 Å². The Hall–Kier alpha value is -3.79. The maximum Gasteiger partial charge on any atom is 0.123 e. The highest BCUT2D eigenvalue weighted by Crippen LogP contribution is 2.51. The average Bonchev–Trinajstić information content (AvgIpc) is 3.31. The smallest absolute Gasteiger partial charge is 0.123 e. The molecule has 0 saturated carbocycles. The normalized spacial score (nSPS) is 13.9. The highest BCUT2D eigenvalue weighted by molar-refractivity contribution is 6.12. The Bertz CT molecular complexity index is 1510. The predicted molar refractivity (Wildman–Crippen MR) is 130 cm³/mol.